The SMILES string of the molecule is Cl.c1ccc(C2CCCN2)nc1. The quantitative estimate of drug-likeness (QED) is 0.722. The fraction of sp³-hybridized carbons (Fsp3) is 0.444. The highest BCUT2D eigenvalue weighted by molar-refractivity contribution is 5.85. The zero-order valence-corrected chi connectivity index (χ0v) is 7.68. The Bertz CT molecular complexity index is 219. The van der Waals surface area contributed by atoms with Crippen molar-refractivity contribution in [2.45, 2.75) is 18.9 Å². The summed E-state index contributed by atoms with van der Waals surface area (Å²) < 4.78 is 0. The van der Waals surface area contributed by atoms with E-state index in [4.69, 9.17) is 0 Å². The summed E-state index contributed by atoms with van der Waals surface area (Å²) in [4.78, 5) is 4.30. The zero-order chi connectivity index (χ0) is 7.52. The first-order valence-electron chi connectivity index (χ1n) is 4.11. The van der Waals surface area contributed by atoms with Crippen LogP contribution in [0.15, 0.2) is 24.4 Å². The van der Waals surface area contributed by atoms with Crippen molar-refractivity contribution in [3.05, 3.63) is 30.1 Å². The number of pyridine rings is 1. The van der Waals surface area contributed by atoms with Gasteiger partial charge < -0.3 is 5.32 Å². The molecule has 2 nitrogen and oxygen atoms in total. The minimum atomic E-state index is 0. The first-order valence-corrected chi connectivity index (χ1v) is 4.11. The van der Waals surface area contributed by atoms with E-state index < -0.39 is 0 Å². The summed E-state index contributed by atoms with van der Waals surface area (Å²) in [6, 6.07) is 6.60. The van der Waals surface area contributed by atoms with Crippen LogP contribution in [0.2, 0.25) is 0 Å². The summed E-state index contributed by atoms with van der Waals surface area (Å²) in [5, 5.41) is 3.41. The second-order valence-corrected chi connectivity index (χ2v) is 2.90. The molecule has 0 bridgehead atoms. The molecule has 2 rings (SSSR count). The van der Waals surface area contributed by atoms with Gasteiger partial charge in [-0.2, -0.15) is 0 Å². The van der Waals surface area contributed by atoms with Gasteiger partial charge in [0.15, 0.2) is 0 Å². The van der Waals surface area contributed by atoms with Gasteiger partial charge >= 0.3 is 0 Å². The molecule has 3 heteroatoms. The Labute approximate surface area is 78.8 Å². The van der Waals surface area contributed by atoms with E-state index in [2.05, 4.69) is 16.4 Å². The van der Waals surface area contributed by atoms with E-state index in [1.807, 2.05) is 18.3 Å². The fourth-order valence-corrected chi connectivity index (χ4v) is 1.52. The van der Waals surface area contributed by atoms with Crippen LogP contribution in [-0.4, -0.2) is 11.5 Å². The number of hydrogen-bond acceptors (Lipinski definition) is 2. The van der Waals surface area contributed by atoms with E-state index in [9.17, 15) is 0 Å². The molecule has 1 saturated heterocycles. The average Bonchev–Trinajstić information content (AvgIpc) is 2.58. The molecule has 1 N–H and O–H groups in total. The molecular weight excluding hydrogens is 172 g/mol. The predicted molar refractivity (Wildman–Crippen MR) is 51.5 cm³/mol. The van der Waals surface area contributed by atoms with Crippen molar-refractivity contribution in [3.8, 4) is 0 Å². The van der Waals surface area contributed by atoms with Crippen LogP contribution in [0.1, 0.15) is 24.6 Å². The van der Waals surface area contributed by atoms with E-state index in [1.165, 1.54) is 18.5 Å². The Morgan fingerprint density at radius 3 is 2.92 bits per heavy atom. The smallest absolute Gasteiger partial charge is 0.0573 e. The van der Waals surface area contributed by atoms with Gasteiger partial charge in [0.25, 0.3) is 0 Å². The first kappa shape index (κ1) is 9.49. The van der Waals surface area contributed by atoms with Crippen LogP contribution in [0.5, 0.6) is 0 Å². The van der Waals surface area contributed by atoms with Crippen LogP contribution in [0, 0.1) is 0 Å². The average molecular weight is 185 g/mol. The van der Waals surface area contributed by atoms with Crippen LogP contribution in [0.4, 0.5) is 0 Å². The molecule has 1 aliphatic rings. The molecule has 1 aliphatic heterocycles. The fourth-order valence-electron chi connectivity index (χ4n) is 1.52. The molecule has 0 radical (unpaired) electrons. The number of nitrogens with one attached hydrogen (secondary N) is 1. The van der Waals surface area contributed by atoms with Crippen molar-refractivity contribution < 1.29 is 0 Å². The van der Waals surface area contributed by atoms with Gasteiger partial charge in [-0.15, -0.1) is 12.4 Å². The van der Waals surface area contributed by atoms with Crippen molar-refractivity contribution in [3.63, 3.8) is 0 Å². The van der Waals surface area contributed by atoms with Gasteiger partial charge in [0, 0.05) is 12.2 Å². The maximum absolute atomic E-state index is 4.30. The molecule has 0 aromatic carbocycles. The van der Waals surface area contributed by atoms with Crippen molar-refractivity contribution in [1.29, 1.82) is 0 Å². The summed E-state index contributed by atoms with van der Waals surface area (Å²) in [5.41, 5.74) is 1.19. The normalized spacial score (nSPS) is 21.8. The Morgan fingerprint density at radius 2 is 2.33 bits per heavy atom. The van der Waals surface area contributed by atoms with Gasteiger partial charge in [-0.25, -0.2) is 0 Å². The van der Waals surface area contributed by atoms with Crippen molar-refractivity contribution in [2.24, 2.45) is 0 Å². The van der Waals surface area contributed by atoms with Gasteiger partial charge in [0.1, 0.15) is 0 Å². The van der Waals surface area contributed by atoms with E-state index in [0.717, 1.165) is 6.54 Å². The maximum Gasteiger partial charge on any atom is 0.0573 e. The molecule has 1 unspecified atom stereocenters. The molecule has 1 atom stereocenters. The van der Waals surface area contributed by atoms with Gasteiger partial charge in [0.05, 0.1) is 5.69 Å². The standard InChI is InChI=1S/C9H12N2.ClH/c1-2-6-10-8(4-1)9-5-3-7-11-9;/h1-2,4,6,9,11H,3,5,7H2;1H. The number of rotatable bonds is 1. The van der Waals surface area contributed by atoms with Crippen LogP contribution >= 0.6 is 12.4 Å². The minimum Gasteiger partial charge on any atom is -0.309 e. The van der Waals surface area contributed by atoms with Gasteiger partial charge in [-0.3, -0.25) is 4.98 Å². The van der Waals surface area contributed by atoms with Crippen molar-refractivity contribution >= 4 is 12.4 Å². The summed E-state index contributed by atoms with van der Waals surface area (Å²) in [5.74, 6) is 0. The van der Waals surface area contributed by atoms with Crippen LogP contribution in [0.3, 0.4) is 0 Å². The lowest BCUT2D eigenvalue weighted by Gasteiger charge is -2.07. The number of aromatic nitrogens is 1. The minimum absolute atomic E-state index is 0. The summed E-state index contributed by atoms with van der Waals surface area (Å²) in [7, 11) is 0. The second kappa shape index (κ2) is 4.43. The van der Waals surface area contributed by atoms with Crippen LogP contribution in [-0.2, 0) is 0 Å². The van der Waals surface area contributed by atoms with Gasteiger partial charge in [-0.05, 0) is 31.5 Å². The van der Waals surface area contributed by atoms with Crippen molar-refractivity contribution in [2.75, 3.05) is 6.54 Å². The molecule has 2 heterocycles. The zero-order valence-electron chi connectivity index (χ0n) is 6.86. The lowest BCUT2D eigenvalue weighted by atomic mass is 10.1. The highest BCUT2D eigenvalue weighted by Gasteiger charge is 2.15. The lowest BCUT2D eigenvalue weighted by molar-refractivity contribution is 0.628. The van der Waals surface area contributed by atoms with Crippen LogP contribution < -0.4 is 5.32 Å². The maximum atomic E-state index is 4.30. The summed E-state index contributed by atoms with van der Waals surface area (Å²) in [6.07, 6.45) is 4.37. The second-order valence-electron chi connectivity index (χ2n) is 2.90. The molecule has 1 aromatic heterocycles. The number of hydrogen-bond donors (Lipinski definition) is 1. The Kier molecular flexibility index (Phi) is 3.50. The summed E-state index contributed by atoms with van der Waals surface area (Å²) >= 11 is 0. The first-order chi connectivity index (χ1) is 5.47. The van der Waals surface area contributed by atoms with E-state index >= 15 is 0 Å². The largest absolute Gasteiger partial charge is 0.309 e. The number of nitrogens with zero attached hydrogens (tertiary/aromatic N) is 1. The molecule has 1 fully saturated rings. The molecule has 1 aromatic rings. The van der Waals surface area contributed by atoms with E-state index in [0.29, 0.717) is 6.04 Å². The molecule has 0 saturated carbocycles. The lowest BCUT2D eigenvalue weighted by Crippen LogP contribution is -2.13. The Morgan fingerprint density at radius 1 is 1.42 bits per heavy atom. The molecule has 0 spiro atoms. The van der Waals surface area contributed by atoms with Gasteiger partial charge in [0.2, 0.25) is 0 Å². The van der Waals surface area contributed by atoms with E-state index in [-0.39, 0.29) is 12.4 Å². The Hall–Kier alpha value is -0.600. The molecule has 0 amide bonds. The van der Waals surface area contributed by atoms with Crippen LogP contribution in [0.25, 0.3) is 0 Å². The predicted octanol–water partition coefficient (Wildman–Crippen LogP) is 1.93. The van der Waals surface area contributed by atoms with Crippen molar-refractivity contribution in [1.82, 2.24) is 10.3 Å². The van der Waals surface area contributed by atoms with E-state index in [1.54, 1.807) is 0 Å². The third-order valence-corrected chi connectivity index (χ3v) is 2.11. The monoisotopic (exact) mass is 184 g/mol. The summed E-state index contributed by atoms with van der Waals surface area (Å²) in [6.45, 7) is 1.14. The molecule has 0 aliphatic carbocycles. The molecule has 66 valence electrons. The molecular formula is C9H13ClN2. The highest BCUT2D eigenvalue weighted by Crippen LogP contribution is 2.19. The third-order valence-electron chi connectivity index (χ3n) is 2.11. The topological polar surface area (TPSA) is 24.9 Å². The number of halogens is 1. The molecule has 12 heavy (non-hydrogen) atoms. The Balaban J connectivity index is 0.000000720. The third kappa shape index (κ3) is 1.96. The van der Waals surface area contributed by atoms with Gasteiger partial charge in [-0.1, -0.05) is 6.07 Å². The highest BCUT2D eigenvalue weighted by atomic mass is 35.5.